The third kappa shape index (κ3) is 2.96. The Kier molecular flexibility index (Phi) is 3.05. The Morgan fingerprint density at radius 2 is 2.18 bits per heavy atom. The van der Waals surface area contributed by atoms with Crippen LogP contribution in [0.3, 0.4) is 0 Å². The largest absolute Gasteiger partial charge is 0.451 e. The predicted octanol–water partition coefficient (Wildman–Crippen LogP) is 1.28. The van der Waals surface area contributed by atoms with E-state index in [1.54, 1.807) is 0 Å². The number of anilines is 2. The van der Waals surface area contributed by atoms with Crippen LogP contribution >= 0.6 is 0 Å². The highest BCUT2D eigenvalue weighted by Crippen LogP contribution is 2.28. The number of nitrogens with one attached hydrogen (secondary N) is 1. The lowest BCUT2D eigenvalue weighted by molar-refractivity contribution is -0.144. The van der Waals surface area contributed by atoms with E-state index in [1.165, 1.54) is 6.07 Å². The summed E-state index contributed by atoms with van der Waals surface area (Å²) in [7, 11) is 0. The Morgan fingerprint density at radius 3 is 2.76 bits per heavy atom. The van der Waals surface area contributed by atoms with E-state index in [2.05, 4.69) is 15.3 Å². The van der Waals surface area contributed by atoms with Crippen LogP contribution < -0.4 is 11.1 Å². The highest BCUT2D eigenvalue weighted by Gasteiger charge is 2.35. The van der Waals surface area contributed by atoms with Crippen LogP contribution in [0.5, 0.6) is 0 Å². The fraction of sp³-hybridized carbons (Fsp3) is 0.556. The lowest BCUT2D eigenvalue weighted by Gasteiger charge is -2.13. The van der Waals surface area contributed by atoms with E-state index in [4.69, 9.17) is 10.5 Å². The number of hydrogen-bond donors (Lipinski definition) is 2. The minimum Gasteiger partial charge on any atom is -0.384 e. The molecule has 1 unspecified atom stereocenters. The van der Waals surface area contributed by atoms with Gasteiger partial charge in [0.05, 0.1) is 12.6 Å². The van der Waals surface area contributed by atoms with Gasteiger partial charge in [-0.25, -0.2) is 9.97 Å². The minimum absolute atomic E-state index is 0.0367. The molecule has 1 aromatic rings. The van der Waals surface area contributed by atoms with Crippen LogP contribution in [0.15, 0.2) is 6.07 Å². The van der Waals surface area contributed by atoms with Crippen LogP contribution in [-0.2, 0) is 10.9 Å². The molecule has 1 aromatic heterocycles. The summed E-state index contributed by atoms with van der Waals surface area (Å²) >= 11 is 0. The van der Waals surface area contributed by atoms with Crippen molar-refractivity contribution in [3.63, 3.8) is 0 Å². The van der Waals surface area contributed by atoms with Gasteiger partial charge in [0, 0.05) is 12.7 Å². The molecule has 2 rings (SSSR count). The van der Waals surface area contributed by atoms with Crippen molar-refractivity contribution in [2.45, 2.75) is 18.6 Å². The topological polar surface area (TPSA) is 73.1 Å². The molecule has 0 bridgehead atoms. The standard InChI is InChI=1S/C9H11F3N4O/c10-9(11,12)8-15-6(13)3-7(16-8)14-5-1-2-17-4-5/h3,5H,1-2,4H2,(H3,13,14,15,16). The zero-order valence-electron chi connectivity index (χ0n) is 8.79. The fourth-order valence-corrected chi connectivity index (χ4v) is 1.52. The first-order valence-corrected chi connectivity index (χ1v) is 5.01. The molecule has 1 atom stereocenters. The van der Waals surface area contributed by atoms with E-state index in [1.807, 2.05) is 0 Å². The summed E-state index contributed by atoms with van der Waals surface area (Å²) in [5.74, 6) is -1.38. The molecule has 0 radical (unpaired) electrons. The van der Waals surface area contributed by atoms with Gasteiger partial charge in [-0.3, -0.25) is 0 Å². The van der Waals surface area contributed by atoms with Gasteiger partial charge in [-0.1, -0.05) is 0 Å². The zero-order valence-corrected chi connectivity index (χ0v) is 8.79. The first-order valence-electron chi connectivity index (χ1n) is 5.01. The summed E-state index contributed by atoms with van der Waals surface area (Å²) in [4.78, 5) is 6.54. The number of nitrogens with two attached hydrogens (primary N) is 1. The van der Waals surface area contributed by atoms with Crippen molar-refractivity contribution in [1.82, 2.24) is 9.97 Å². The molecular weight excluding hydrogens is 237 g/mol. The highest BCUT2D eigenvalue weighted by atomic mass is 19.4. The number of ether oxygens (including phenoxy) is 1. The molecule has 94 valence electrons. The summed E-state index contributed by atoms with van der Waals surface area (Å²) in [6, 6.07) is 1.23. The number of nitrogen functional groups attached to an aromatic ring is 1. The maximum Gasteiger partial charge on any atom is 0.451 e. The Morgan fingerprint density at radius 1 is 1.41 bits per heavy atom. The highest BCUT2D eigenvalue weighted by molar-refractivity contribution is 5.45. The van der Waals surface area contributed by atoms with Gasteiger partial charge in [0.1, 0.15) is 11.6 Å². The van der Waals surface area contributed by atoms with E-state index in [0.717, 1.165) is 6.42 Å². The van der Waals surface area contributed by atoms with E-state index in [9.17, 15) is 13.2 Å². The first-order chi connectivity index (χ1) is 7.95. The molecule has 0 aromatic carbocycles. The molecule has 2 heterocycles. The monoisotopic (exact) mass is 248 g/mol. The lowest BCUT2D eigenvalue weighted by atomic mass is 10.2. The van der Waals surface area contributed by atoms with Gasteiger partial charge in [-0.05, 0) is 6.42 Å². The Bertz CT molecular complexity index is 404. The molecule has 0 spiro atoms. The second kappa shape index (κ2) is 4.36. The van der Waals surface area contributed by atoms with Crippen LogP contribution in [0.1, 0.15) is 12.2 Å². The summed E-state index contributed by atoms with van der Waals surface area (Å²) in [5, 5.41) is 2.84. The van der Waals surface area contributed by atoms with Crippen LogP contribution in [0, 0.1) is 0 Å². The molecule has 1 fully saturated rings. The molecule has 0 aliphatic carbocycles. The van der Waals surface area contributed by atoms with Gasteiger partial charge in [-0.15, -0.1) is 0 Å². The molecule has 3 N–H and O–H groups in total. The van der Waals surface area contributed by atoms with Crippen molar-refractivity contribution < 1.29 is 17.9 Å². The fourth-order valence-electron chi connectivity index (χ4n) is 1.52. The van der Waals surface area contributed by atoms with Crippen molar-refractivity contribution in [2.24, 2.45) is 0 Å². The van der Waals surface area contributed by atoms with Crippen molar-refractivity contribution >= 4 is 11.6 Å². The van der Waals surface area contributed by atoms with Gasteiger partial charge < -0.3 is 15.8 Å². The third-order valence-corrected chi connectivity index (χ3v) is 2.28. The average molecular weight is 248 g/mol. The molecule has 1 saturated heterocycles. The van der Waals surface area contributed by atoms with Crippen molar-refractivity contribution in [1.29, 1.82) is 0 Å². The van der Waals surface area contributed by atoms with Gasteiger partial charge in [0.15, 0.2) is 0 Å². The normalized spacial score (nSPS) is 20.5. The second-order valence-corrected chi connectivity index (χ2v) is 3.70. The van der Waals surface area contributed by atoms with E-state index >= 15 is 0 Å². The van der Waals surface area contributed by atoms with Gasteiger partial charge in [0.25, 0.3) is 0 Å². The summed E-state index contributed by atoms with van der Waals surface area (Å²) in [5.41, 5.74) is 5.31. The third-order valence-electron chi connectivity index (χ3n) is 2.28. The molecule has 1 aliphatic heterocycles. The average Bonchev–Trinajstić information content (AvgIpc) is 2.68. The molecule has 17 heavy (non-hydrogen) atoms. The molecular formula is C9H11F3N4O. The van der Waals surface area contributed by atoms with Gasteiger partial charge >= 0.3 is 6.18 Å². The number of hydrogen-bond acceptors (Lipinski definition) is 5. The Hall–Kier alpha value is -1.57. The zero-order chi connectivity index (χ0) is 12.5. The smallest absolute Gasteiger partial charge is 0.384 e. The molecule has 0 amide bonds. The van der Waals surface area contributed by atoms with E-state index in [-0.39, 0.29) is 17.7 Å². The number of halogens is 3. The van der Waals surface area contributed by atoms with Crippen molar-refractivity contribution in [3.05, 3.63) is 11.9 Å². The predicted molar refractivity (Wildman–Crippen MR) is 54.3 cm³/mol. The van der Waals surface area contributed by atoms with E-state index < -0.39 is 12.0 Å². The maximum atomic E-state index is 12.4. The van der Waals surface area contributed by atoms with E-state index in [0.29, 0.717) is 13.2 Å². The molecule has 8 heteroatoms. The molecule has 5 nitrogen and oxygen atoms in total. The summed E-state index contributed by atoms with van der Waals surface area (Å²) in [6.45, 7) is 1.04. The molecule has 0 saturated carbocycles. The van der Waals surface area contributed by atoms with Crippen LogP contribution in [0.25, 0.3) is 0 Å². The van der Waals surface area contributed by atoms with Gasteiger partial charge in [0.2, 0.25) is 5.82 Å². The Balaban J connectivity index is 2.19. The minimum atomic E-state index is -4.60. The van der Waals surface area contributed by atoms with Crippen LogP contribution in [0.4, 0.5) is 24.8 Å². The quantitative estimate of drug-likeness (QED) is 0.824. The number of nitrogens with zero attached hydrogens (tertiary/aromatic N) is 2. The second-order valence-electron chi connectivity index (χ2n) is 3.70. The SMILES string of the molecule is Nc1cc(NC2CCOC2)nc(C(F)(F)F)n1. The summed E-state index contributed by atoms with van der Waals surface area (Å²) in [6.07, 6.45) is -3.87. The van der Waals surface area contributed by atoms with Crippen molar-refractivity contribution in [3.8, 4) is 0 Å². The number of aromatic nitrogens is 2. The van der Waals surface area contributed by atoms with Crippen molar-refractivity contribution in [2.75, 3.05) is 24.3 Å². The lowest BCUT2D eigenvalue weighted by Crippen LogP contribution is -2.21. The first kappa shape index (κ1) is 11.9. The van der Waals surface area contributed by atoms with Crippen LogP contribution in [0.2, 0.25) is 0 Å². The summed E-state index contributed by atoms with van der Waals surface area (Å²) < 4.78 is 42.4. The Labute approximate surface area is 95.2 Å². The number of alkyl halides is 3. The maximum absolute atomic E-state index is 12.4. The van der Waals surface area contributed by atoms with Gasteiger partial charge in [-0.2, -0.15) is 13.2 Å². The van der Waals surface area contributed by atoms with Crippen LogP contribution in [-0.4, -0.2) is 29.2 Å². The molecule has 1 aliphatic rings. The number of rotatable bonds is 2.